The molecule has 7 aromatic carbocycles. The minimum atomic E-state index is -0.369. The number of aliphatic hydroxyl groups is 2. The lowest BCUT2D eigenvalue weighted by Gasteiger charge is -2.35. The van der Waals surface area contributed by atoms with Gasteiger partial charge in [-0.15, -0.1) is 0 Å². The summed E-state index contributed by atoms with van der Waals surface area (Å²) in [5, 5.41) is 28.5. The predicted molar refractivity (Wildman–Crippen MR) is 520 cm³/mol. The maximum Gasteiger partial charge on any atom is 0.490 e. The Morgan fingerprint density at radius 3 is 0.839 bits per heavy atom. The van der Waals surface area contributed by atoms with Crippen molar-refractivity contribution in [3.05, 3.63) is 252 Å². The van der Waals surface area contributed by atoms with E-state index in [1.54, 1.807) is 42.5 Å². The van der Waals surface area contributed by atoms with Crippen LogP contribution < -0.4 is 0 Å². The molecule has 3 spiro atoms. The second kappa shape index (κ2) is 48.1. The number of aliphatic hydroxyl groups excluding tert-OH is 2. The molecule has 7 aromatic rings. The Morgan fingerprint density at radius 2 is 0.565 bits per heavy atom. The topological polar surface area (TPSA) is 148 Å². The molecule has 5 saturated carbocycles. The van der Waals surface area contributed by atoms with E-state index in [9.17, 15) is 19.8 Å². The zero-order valence-electron chi connectivity index (χ0n) is 70.2. The first kappa shape index (κ1) is 102. The first-order chi connectivity index (χ1) is 58.9. The first-order valence-corrected chi connectivity index (χ1v) is 49.2. The third kappa shape index (κ3) is 31.5. The number of hydrogen-bond acceptors (Lipinski definition) is 12. The van der Waals surface area contributed by atoms with Crippen LogP contribution in [0.4, 0.5) is 0 Å². The molecule has 0 radical (unpaired) electrons. The molecular formula is C96H108BCl14IO12. The number of benzene rings is 7. The van der Waals surface area contributed by atoms with E-state index in [-0.39, 0.29) is 47.9 Å². The van der Waals surface area contributed by atoms with Gasteiger partial charge in [0.25, 0.3) is 0 Å². The molecule has 4 aliphatic heterocycles. The van der Waals surface area contributed by atoms with Gasteiger partial charge in [-0.2, -0.15) is 0 Å². The normalized spacial score (nSPS) is 23.1. The van der Waals surface area contributed by atoms with Crippen LogP contribution in [0.2, 0.25) is 70.3 Å². The van der Waals surface area contributed by atoms with E-state index in [2.05, 4.69) is 62.4 Å². The first-order valence-electron chi connectivity index (χ1n) is 42.8. The van der Waals surface area contributed by atoms with Gasteiger partial charge in [0.2, 0.25) is 0 Å². The number of hydrogen-bond donors (Lipinski definition) is 2. The molecule has 9 fully saturated rings. The fraction of sp³-hybridized carbons (Fsp3) is 0.500. The van der Waals surface area contributed by atoms with E-state index in [0.29, 0.717) is 164 Å². The standard InChI is InChI=1S/C14H23BO4.C14H16Cl2O2.C14H14Cl2O2.2C12H14Cl2O.2C12H12Cl2O.C6H3Cl2I/c1-12(2)13(3,4)19-15(18-12)11-5-7-14(8-6-11)16-9-10-17-14;2*15-12-7-11(8-13(16)9-12)10-1-3-14(4-2-10)17-5-6-18-14;4*13-10-5-9(6-11(14)7-10)8-1-3-12(15)4-2-8;7-4-1-5(8)3-6(9)2-4/h5H,6-10H2,1-4H3;7-10H,1-6H2;1,7-9H,2-6H2;2*5-8,12,15H,1-4H2;2*5-8H,1-4H2;1-3H. The molecule has 7 aliphatic carbocycles. The average molecular weight is 2090 g/mol. The maximum atomic E-state index is 11.1. The number of ether oxygens (including phenoxy) is 6. The van der Waals surface area contributed by atoms with Gasteiger partial charge in [0.05, 0.1) is 63.1 Å². The molecule has 124 heavy (non-hydrogen) atoms. The highest BCUT2D eigenvalue weighted by Gasteiger charge is 2.54. The van der Waals surface area contributed by atoms with Crippen molar-refractivity contribution in [3.63, 3.8) is 0 Å². The van der Waals surface area contributed by atoms with Gasteiger partial charge >= 0.3 is 7.12 Å². The molecule has 0 amide bonds. The summed E-state index contributed by atoms with van der Waals surface area (Å²) in [6.45, 7) is 12.6. The number of Topliss-reactive ketones (excluding diaryl/α,β-unsaturated/α-hetero) is 2. The molecule has 0 bridgehead atoms. The summed E-state index contributed by atoms with van der Waals surface area (Å²) in [4.78, 5) is 22.2. The molecule has 0 aromatic heterocycles. The molecular weight excluding hydrogens is 1980 g/mol. The van der Waals surface area contributed by atoms with Crippen LogP contribution in [-0.2, 0) is 47.3 Å². The SMILES string of the molecule is CC1(C)OB(C2=CCC3(CC2)OCCO3)OC1(C)C.Clc1cc(Cl)cc(C2=CCC3(CC2)OCCO3)c1.Clc1cc(Cl)cc(C2CCC3(CC2)OCCO3)c1.Clc1cc(Cl)cc(I)c1.O=C1CCC(c2cc(Cl)cc(Cl)c2)CC1.O=C1CCC(c2cc(Cl)cc(Cl)c2)CC1.OC1CCC(c2cc(Cl)cc(Cl)c2)CC1.OC1CCC(c2cc(Cl)cc(Cl)c2)CC1. The quantitative estimate of drug-likeness (QED) is 0.116. The van der Waals surface area contributed by atoms with E-state index in [1.807, 2.05) is 84.9 Å². The Kier molecular flexibility index (Phi) is 39.7. The Labute approximate surface area is 815 Å². The van der Waals surface area contributed by atoms with Gasteiger partial charge in [0, 0.05) is 138 Å². The number of rotatable bonds is 7. The van der Waals surface area contributed by atoms with Crippen LogP contribution in [0.5, 0.6) is 0 Å². The van der Waals surface area contributed by atoms with Crippen LogP contribution >= 0.6 is 185 Å². The number of carbonyl (C=O) groups is 2. The van der Waals surface area contributed by atoms with Gasteiger partial charge in [-0.3, -0.25) is 9.59 Å². The lowest BCUT2D eigenvalue weighted by Crippen LogP contribution is -2.41. The summed E-state index contributed by atoms with van der Waals surface area (Å²) in [5.74, 6) is 2.13. The van der Waals surface area contributed by atoms with Crippen molar-refractivity contribution in [3.8, 4) is 0 Å². The monoisotopic (exact) mass is 2080 g/mol. The Bertz CT molecular complexity index is 4420. The van der Waals surface area contributed by atoms with Crippen LogP contribution in [-0.4, -0.2) is 109 Å². The summed E-state index contributed by atoms with van der Waals surface area (Å²) in [7, 11) is -0.219. The molecule has 11 aliphatic rings. The van der Waals surface area contributed by atoms with E-state index >= 15 is 0 Å². The van der Waals surface area contributed by atoms with Crippen molar-refractivity contribution in [1.82, 2.24) is 0 Å². The third-order valence-electron chi connectivity index (χ3n) is 25.0. The van der Waals surface area contributed by atoms with Gasteiger partial charge in [0.1, 0.15) is 11.6 Å². The summed E-state index contributed by atoms with van der Waals surface area (Å²) >= 11 is 85.3. The smallest absolute Gasteiger partial charge is 0.400 e. The van der Waals surface area contributed by atoms with E-state index < -0.39 is 0 Å². The summed E-state index contributed by atoms with van der Waals surface area (Å²) in [5.41, 5.74) is 9.04. The van der Waals surface area contributed by atoms with Crippen LogP contribution in [0.3, 0.4) is 0 Å². The largest absolute Gasteiger partial charge is 0.490 e. The maximum absolute atomic E-state index is 11.1. The van der Waals surface area contributed by atoms with Gasteiger partial charge in [0.15, 0.2) is 17.4 Å². The zero-order chi connectivity index (χ0) is 89.1. The fourth-order valence-electron chi connectivity index (χ4n) is 17.5. The molecule has 4 saturated heterocycles. The molecule has 12 nitrogen and oxygen atoms in total. The van der Waals surface area contributed by atoms with Crippen LogP contribution in [0, 0.1) is 3.57 Å². The lowest BCUT2D eigenvalue weighted by molar-refractivity contribution is -0.178. The molecule has 28 heteroatoms. The number of ketones is 2. The van der Waals surface area contributed by atoms with Gasteiger partial charge in [-0.1, -0.05) is 175 Å². The number of allylic oxidation sites excluding steroid dienone is 2. The number of carbonyl (C=O) groups excluding carboxylic acids is 2. The second-order valence-electron chi connectivity index (χ2n) is 34.5. The van der Waals surface area contributed by atoms with Gasteiger partial charge < -0.3 is 47.9 Å². The molecule has 4 heterocycles. The Hall–Kier alpha value is -2.19. The zero-order valence-corrected chi connectivity index (χ0v) is 82.9. The molecule has 0 unspecified atom stereocenters. The van der Waals surface area contributed by atoms with Gasteiger partial charge in [-0.05, 0) is 354 Å². The van der Waals surface area contributed by atoms with Crippen molar-refractivity contribution < 1.29 is 57.5 Å². The highest BCUT2D eigenvalue weighted by Crippen LogP contribution is 2.48. The van der Waals surface area contributed by atoms with Crippen LogP contribution in [0.1, 0.15) is 258 Å². The molecule has 672 valence electrons. The Morgan fingerprint density at radius 1 is 0.306 bits per heavy atom. The van der Waals surface area contributed by atoms with Crippen molar-refractivity contribution in [2.45, 2.75) is 265 Å². The Balaban J connectivity index is 0.000000139. The average Bonchev–Trinajstić information content (AvgIpc) is 1.62. The van der Waals surface area contributed by atoms with E-state index in [0.717, 1.165) is 164 Å². The van der Waals surface area contributed by atoms with E-state index in [1.165, 1.54) is 38.9 Å². The second-order valence-corrected chi connectivity index (χ2v) is 41.9. The van der Waals surface area contributed by atoms with E-state index in [4.69, 9.17) is 200 Å². The van der Waals surface area contributed by atoms with Crippen molar-refractivity contribution in [1.29, 1.82) is 0 Å². The highest BCUT2D eigenvalue weighted by atomic mass is 127. The van der Waals surface area contributed by atoms with Crippen molar-refractivity contribution in [2.24, 2.45) is 0 Å². The number of halogens is 15. The summed E-state index contributed by atoms with van der Waals surface area (Å²) in [6, 6.07) is 39.6. The molecule has 0 atom stereocenters. The minimum Gasteiger partial charge on any atom is -0.400 e. The molecule has 18 rings (SSSR count). The van der Waals surface area contributed by atoms with Crippen molar-refractivity contribution >= 4 is 209 Å². The molecule has 2 N–H and O–H groups in total. The van der Waals surface area contributed by atoms with Crippen molar-refractivity contribution in [2.75, 3.05) is 39.6 Å². The summed E-state index contributed by atoms with van der Waals surface area (Å²) < 4.78 is 47.5. The fourth-order valence-corrected chi connectivity index (χ4v) is 22.3. The lowest BCUT2D eigenvalue weighted by atomic mass is 9.71. The third-order valence-corrected chi connectivity index (χ3v) is 28.6. The van der Waals surface area contributed by atoms with Crippen LogP contribution in [0.25, 0.3) is 5.57 Å². The van der Waals surface area contributed by atoms with Crippen LogP contribution in [0.15, 0.2) is 145 Å². The summed E-state index contributed by atoms with van der Waals surface area (Å²) in [6.07, 6.45) is 27.5. The van der Waals surface area contributed by atoms with Gasteiger partial charge in [-0.25, -0.2) is 0 Å². The highest BCUT2D eigenvalue weighted by molar-refractivity contribution is 14.1. The minimum absolute atomic E-state index is 0.115. The predicted octanol–water partition coefficient (Wildman–Crippen LogP) is 31.2.